The molecule has 5 heteroatoms. The zero-order valence-corrected chi connectivity index (χ0v) is 10.9. The van der Waals surface area contributed by atoms with Crippen molar-refractivity contribution in [3.05, 3.63) is 34.4 Å². The van der Waals surface area contributed by atoms with Gasteiger partial charge in [0.2, 0.25) is 0 Å². The van der Waals surface area contributed by atoms with Crippen molar-refractivity contribution in [2.75, 3.05) is 5.73 Å². The van der Waals surface area contributed by atoms with Gasteiger partial charge in [-0.3, -0.25) is 0 Å². The first-order chi connectivity index (χ1) is 8.25. The second-order valence-electron chi connectivity index (χ2n) is 4.38. The zero-order chi connectivity index (χ0) is 11.8. The highest BCUT2D eigenvalue weighted by atomic mass is 79.9. The summed E-state index contributed by atoms with van der Waals surface area (Å²) in [7, 11) is 0. The van der Waals surface area contributed by atoms with Gasteiger partial charge in [-0.25, -0.2) is 4.68 Å². The predicted molar refractivity (Wildman–Crippen MR) is 70.1 cm³/mol. The van der Waals surface area contributed by atoms with Crippen molar-refractivity contribution in [2.24, 2.45) is 0 Å². The van der Waals surface area contributed by atoms with Crippen LogP contribution in [0.4, 0.5) is 5.82 Å². The number of benzene rings is 1. The minimum absolute atomic E-state index is 0.518. The summed E-state index contributed by atoms with van der Waals surface area (Å²) < 4.78 is 2.90. The second-order valence-corrected chi connectivity index (χ2v) is 5.30. The molecule has 0 saturated heterocycles. The highest BCUT2D eigenvalue weighted by Gasteiger charge is 2.27. The summed E-state index contributed by atoms with van der Waals surface area (Å²) in [5.74, 6) is 1.08. The molecule has 88 valence electrons. The molecule has 1 heterocycles. The molecule has 1 aliphatic rings. The molecule has 4 nitrogen and oxygen atoms in total. The SMILES string of the molecule is Nc1nnn(-c2cccc(Br)c2)c1C1CCC1. The van der Waals surface area contributed by atoms with Crippen LogP contribution in [0.15, 0.2) is 28.7 Å². The summed E-state index contributed by atoms with van der Waals surface area (Å²) in [6.45, 7) is 0. The highest BCUT2D eigenvalue weighted by molar-refractivity contribution is 9.10. The Morgan fingerprint density at radius 1 is 1.35 bits per heavy atom. The van der Waals surface area contributed by atoms with E-state index in [-0.39, 0.29) is 0 Å². The van der Waals surface area contributed by atoms with E-state index in [1.807, 2.05) is 28.9 Å². The number of hydrogen-bond donors (Lipinski definition) is 1. The molecule has 0 atom stereocenters. The molecular weight excluding hydrogens is 280 g/mol. The standard InChI is InChI=1S/C12H13BrN4/c13-9-5-2-6-10(7-9)17-11(8-3-1-4-8)12(14)15-16-17/h2,5-8H,1,3-4,14H2. The molecule has 0 aliphatic heterocycles. The molecule has 2 aromatic rings. The van der Waals surface area contributed by atoms with Crippen LogP contribution in [0.3, 0.4) is 0 Å². The molecule has 1 aliphatic carbocycles. The smallest absolute Gasteiger partial charge is 0.169 e. The van der Waals surface area contributed by atoms with Crippen LogP contribution in [0, 0.1) is 0 Å². The minimum atomic E-state index is 0.518. The van der Waals surface area contributed by atoms with E-state index in [0.717, 1.165) is 15.9 Å². The fraction of sp³-hybridized carbons (Fsp3) is 0.333. The van der Waals surface area contributed by atoms with Gasteiger partial charge in [-0.05, 0) is 31.0 Å². The van der Waals surface area contributed by atoms with Crippen LogP contribution in [0.5, 0.6) is 0 Å². The van der Waals surface area contributed by atoms with Crippen molar-refractivity contribution in [2.45, 2.75) is 25.2 Å². The molecule has 0 bridgehead atoms. The average molecular weight is 293 g/mol. The Bertz CT molecular complexity index is 545. The fourth-order valence-corrected chi connectivity index (χ4v) is 2.55. The molecule has 2 N–H and O–H groups in total. The van der Waals surface area contributed by atoms with E-state index >= 15 is 0 Å². The topological polar surface area (TPSA) is 56.7 Å². The zero-order valence-electron chi connectivity index (χ0n) is 9.31. The Kier molecular flexibility index (Phi) is 2.63. The molecule has 1 aromatic heterocycles. The lowest BCUT2D eigenvalue weighted by Gasteiger charge is -2.25. The summed E-state index contributed by atoms with van der Waals surface area (Å²) in [5.41, 5.74) is 7.99. The van der Waals surface area contributed by atoms with E-state index in [4.69, 9.17) is 5.73 Å². The van der Waals surface area contributed by atoms with Crippen LogP contribution in [-0.2, 0) is 0 Å². The van der Waals surface area contributed by atoms with Gasteiger partial charge in [-0.15, -0.1) is 5.10 Å². The van der Waals surface area contributed by atoms with Gasteiger partial charge in [0.15, 0.2) is 5.82 Å². The van der Waals surface area contributed by atoms with E-state index in [1.54, 1.807) is 0 Å². The van der Waals surface area contributed by atoms with Crippen LogP contribution >= 0.6 is 15.9 Å². The molecule has 1 aromatic carbocycles. The van der Waals surface area contributed by atoms with E-state index in [1.165, 1.54) is 19.3 Å². The summed E-state index contributed by atoms with van der Waals surface area (Å²) in [6, 6.07) is 8.02. The first-order valence-corrected chi connectivity index (χ1v) is 6.52. The maximum absolute atomic E-state index is 5.92. The van der Waals surface area contributed by atoms with E-state index < -0.39 is 0 Å². The number of nitrogen functional groups attached to an aromatic ring is 1. The number of nitrogens with zero attached hydrogens (tertiary/aromatic N) is 3. The molecule has 0 radical (unpaired) electrons. The summed E-state index contributed by atoms with van der Waals surface area (Å²) in [5, 5.41) is 8.15. The predicted octanol–water partition coefficient (Wildman–Crippen LogP) is 2.88. The summed E-state index contributed by atoms with van der Waals surface area (Å²) in [6.07, 6.45) is 3.64. The maximum atomic E-state index is 5.92. The molecule has 1 saturated carbocycles. The monoisotopic (exact) mass is 292 g/mol. The number of hydrogen-bond acceptors (Lipinski definition) is 3. The van der Waals surface area contributed by atoms with Gasteiger partial charge in [0.1, 0.15) is 0 Å². The number of anilines is 1. The Morgan fingerprint density at radius 2 is 2.18 bits per heavy atom. The highest BCUT2D eigenvalue weighted by Crippen LogP contribution is 2.39. The van der Waals surface area contributed by atoms with Gasteiger partial charge in [-0.2, -0.15) is 0 Å². The first kappa shape index (κ1) is 10.8. The Hall–Kier alpha value is -1.36. The van der Waals surface area contributed by atoms with Gasteiger partial charge in [0, 0.05) is 10.4 Å². The molecule has 0 unspecified atom stereocenters. The third kappa shape index (κ3) is 1.84. The van der Waals surface area contributed by atoms with Gasteiger partial charge in [0.25, 0.3) is 0 Å². The molecular formula is C12H13BrN4. The molecule has 0 spiro atoms. The van der Waals surface area contributed by atoms with Crippen molar-refractivity contribution in [1.82, 2.24) is 15.0 Å². The van der Waals surface area contributed by atoms with Gasteiger partial charge >= 0.3 is 0 Å². The van der Waals surface area contributed by atoms with Gasteiger partial charge in [-0.1, -0.05) is 33.6 Å². The minimum Gasteiger partial charge on any atom is -0.381 e. The third-order valence-electron chi connectivity index (χ3n) is 3.28. The lowest BCUT2D eigenvalue weighted by molar-refractivity contribution is 0.404. The number of aromatic nitrogens is 3. The van der Waals surface area contributed by atoms with Gasteiger partial charge < -0.3 is 5.73 Å². The van der Waals surface area contributed by atoms with Crippen molar-refractivity contribution >= 4 is 21.7 Å². The number of nitrogens with two attached hydrogens (primary N) is 1. The van der Waals surface area contributed by atoms with Crippen molar-refractivity contribution in [3.8, 4) is 5.69 Å². The second kappa shape index (κ2) is 4.14. The van der Waals surface area contributed by atoms with Crippen molar-refractivity contribution < 1.29 is 0 Å². The Balaban J connectivity index is 2.08. The average Bonchev–Trinajstić information content (AvgIpc) is 2.59. The van der Waals surface area contributed by atoms with Crippen LogP contribution < -0.4 is 5.73 Å². The lowest BCUT2D eigenvalue weighted by atomic mass is 9.82. The number of rotatable bonds is 2. The lowest BCUT2D eigenvalue weighted by Crippen LogP contribution is -2.15. The third-order valence-corrected chi connectivity index (χ3v) is 3.77. The van der Waals surface area contributed by atoms with Crippen LogP contribution in [0.25, 0.3) is 5.69 Å². The van der Waals surface area contributed by atoms with E-state index in [2.05, 4.69) is 26.2 Å². The Labute approximate surface area is 108 Å². The quantitative estimate of drug-likeness (QED) is 0.926. The molecule has 3 rings (SSSR count). The van der Waals surface area contributed by atoms with Crippen LogP contribution in [0.2, 0.25) is 0 Å². The molecule has 0 amide bonds. The normalized spacial score (nSPS) is 15.8. The molecule has 1 fully saturated rings. The number of halogens is 1. The fourth-order valence-electron chi connectivity index (χ4n) is 2.16. The van der Waals surface area contributed by atoms with E-state index in [0.29, 0.717) is 11.7 Å². The van der Waals surface area contributed by atoms with Crippen LogP contribution in [-0.4, -0.2) is 15.0 Å². The first-order valence-electron chi connectivity index (χ1n) is 5.73. The van der Waals surface area contributed by atoms with Crippen molar-refractivity contribution in [1.29, 1.82) is 0 Å². The van der Waals surface area contributed by atoms with Gasteiger partial charge in [0.05, 0.1) is 11.4 Å². The molecule has 17 heavy (non-hydrogen) atoms. The summed E-state index contributed by atoms with van der Waals surface area (Å²) >= 11 is 3.47. The van der Waals surface area contributed by atoms with Crippen LogP contribution in [0.1, 0.15) is 30.9 Å². The largest absolute Gasteiger partial charge is 0.381 e. The Morgan fingerprint density at radius 3 is 2.82 bits per heavy atom. The summed E-state index contributed by atoms with van der Waals surface area (Å²) in [4.78, 5) is 0. The van der Waals surface area contributed by atoms with Crippen molar-refractivity contribution in [3.63, 3.8) is 0 Å². The van der Waals surface area contributed by atoms with E-state index in [9.17, 15) is 0 Å². The maximum Gasteiger partial charge on any atom is 0.169 e.